The summed E-state index contributed by atoms with van der Waals surface area (Å²) in [7, 11) is 0. The Hall–Kier alpha value is -1.92. The first-order chi connectivity index (χ1) is 13.1. The fourth-order valence-electron chi connectivity index (χ4n) is 3.39. The van der Waals surface area contributed by atoms with Gasteiger partial charge in [-0.3, -0.25) is 4.79 Å². The fraction of sp³-hybridized carbons (Fsp3) is 0.333. The molecule has 0 spiro atoms. The van der Waals surface area contributed by atoms with Gasteiger partial charge in [0.2, 0.25) is 0 Å². The Kier molecular flexibility index (Phi) is 5.45. The topological polar surface area (TPSA) is 42.4 Å². The van der Waals surface area contributed by atoms with E-state index in [1.165, 1.54) is 9.71 Å². The third-order valence-corrected chi connectivity index (χ3v) is 6.76. The van der Waals surface area contributed by atoms with Crippen molar-refractivity contribution in [2.45, 2.75) is 25.7 Å². The van der Waals surface area contributed by atoms with Crippen molar-refractivity contribution in [3.63, 3.8) is 0 Å². The lowest BCUT2D eigenvalue weighted by molar-refractivity contribution is -0.134. The van der Waals surface area contributed by atoms with Crippen LogP contribution in [0, 0.1) is 6.92 Å². The van der Waals surface area contributed by atoms with E-state index in [2.05, 4.69) is 34.1 Å². The van der Waals surface area contributed by atoms with Crippen LogP contribution in [0.25, 0.3) is 10.2 Å². The summed E-state index contributed by atoms with van der Waals surface area (Å²) in [5.74, 6) is 1.20. The molecule has 1 aliphatic rings. The first-order valence-corrected chi connectivity index (χ1v) is 10.7. The number of hydrogen-bond donors (Lipinski definition) is 0. The molecule has 1 amide bonds. The molecule has 2 aromatic carbocycles. The van der Waals surface area contributed by atoms with Gasteiger partial charge in [-0.05, 0) is 65.5 Å². The summed E-state index contributed by atoms with van der Waals surface area (Å²) in [6, 6.07) is 14.1. The van der Waals surface area contributed by atoms with E-state index < -0.39 is 0 Å². The lowest BCUT2D eigenvalue weighted by atomic mass is 9.97. The number of piperidine rings is 1. The number of ether oxygens (including phenoxy) is 1. The Morgan fingerprint density at radius 3 is 2.78 bits per heavy atom. The standard InChI is InChI=1S/C21H21BrN2O2S/c1-14-6-7-18(16(22)12-14)26-13-20(25)24-10-8-15(9-11-24)21-23-17-4-2-3-5-19(17)27-21/h2-7,12,15H,8-11,13H2,1H3. The van der Waals surface area contributed by atoms with Crippen LogP contribution in [0.1, 0.15) is 29.3 Å². The molecule has 6 heteroatoms. The van der Waals surface area contributed by atoms with Crippen molar-refractivity contribution in [1.29, 1.82) is 0 Å². The highest BCUT2D eigenvalue weighted by molar-refractivity contribution is 9.10. The van der Waals surface area contributed by atoms with Crippen LogP contribution in [0.5, 0.6) is 5.75 Å². The van der Waals surface area contributed by atoms with E-state index >= 15 is 0 Å². The molecule has 0 radical (unpaired) electrons. The molecule has 140 valence electrons. The lowest BCUT2D eigenvalue weighted by Gasteiger charge is -2.31. The van der Waals surface area contributed by atoms with Crippen LogP contribution in [-0.2, 0) is 4.79 Å². The van der Waals surface area contributed by atoms with Gasteiger partial charge in [0.05, 0.1) is 19.7 Å². The van der Waals surface area contributed by atoms with Crippen LogP contribution in [0.15, 0.2) is 46.9 Å². The Morgan fingerprint density at radius 1 is 1.26 bits per heavy atom. The number of aryl methyl sites for hydroxylation is 1. The van der Waals surface area contributed by atoms with Gasteiger partial charge in [-0.1, -0.05) is 18.2 Å². The Labute approximate surface area is 171 Å². The number of aromatic nitrogens is 1. The van der Waals surface area contributed by atoms with Crippen LogP contribution < -0.4 is 4.74 Å². The minimum absolute atomic E-state index is 0.0465. The van der Waals surface area contributed by atoms with Gasteiger partial charge in [-0.15, -0.1) is 11.3 Å². The number of likely N-dealkylation sites (tertiary alicyclic amines) is 1. The molecule has 1 fully saturated rings. The summed E-state index contributed by atoms with van der Waals surface area (Å²) in [6.07, 6.45) is 1.92. The SMILES string of the molecule is Cc1ccc(OCC(=O)N2CCC(c3nc4ccccc4s3)CC2)c(Br)c1. The predicted molar refractivity (Wildman–Crippen MR) is 113 cm³/mol. The number of carbonyl (C=O) groups is 1. The number of thiazole rings is 1. The van der Waals surface area contributed by atoms with Crippen molar-refractivity contribution in [3.8, 4) is 5.75 Å². The maximum Gasteiger partial charge on any atom is 0.260 e. The number of halogens is 1. The molecule has 1 aliphatic heterocycles. The van der Waals surface area contributed by atoms with Crippen LogP contribution in [0.2, 0.25) is 0 Å². The Balaban J connectivity index is 1.32. The first kappa shape index (κ1) is 18.4. The second-order valence-corrected chi connectivity index (χ2v) is 8.81. The summed E-state index contributed by atoms with van der Waals surface area (Å²) in [5.41, 5.74) is 2.23. The summed E-state index contributed by atoms with van der Waals surface area (Å²) < 4.78 is 7.83. The number of benzene rings is 2. The van der Waals surface area contributed by atoms with Crippen molar-refractivity contribution < 1.29 is 9.53 Å². The number of hydrogen-bond acceptors (Lipinski definition) is 4. The van der Waals surface area contributed by atoms with Gasteiger partial charge in [-0.25, -0.2) is 4.98 Å². The van der Waals surface area contributed by atoms with E-state index in [0.717, 1.165) is 41.5 Å². The second kappa shape index (κ2) is 7.98. The molecular formula is C21H21BrN2O2S. The van der Waals surface area contributed by atoms with Crippen LogP contribution in [0.4, 0.5) is 0 Å². The summed E-state index contributed by atoms with van der Waals surface area (Å²) in [6.45, 7) is 3.62. The largest absolute Gasteiger partial charge is 0.483 e. The number of para-hydroxylation sites is 1. The van der Waals surface area contributed by atoms with Crippen LogP contribution >= 0.6 is 27.3 Å². The number of amides is 1. The summed E-state index contributed by atoms with van der Waals surface area (Å²) in [4.78, 5) is 19.2. The molecule has 4 rings (SSSR count). The summed E-state index contributed by atoms with van der Waals surface area (Å²) in [5, 5.41) is 1.20. The smallest absolute Gasteiger partial charge is 0.260 e. The molecule has 4 nitrogen and oxygen atoms in total. The maximum absolute atomic E-state index is 12.5. The number of carbonyl (C=O) groups excluding carboxylic acids is 1. The average Bonchev–Trinajstić information content (AvgIpc) is 3.11. The molecule has 0 unspecified atom stereocenters. The van der Waals surface area contributed by atoms with Crippen molar-refractivity contribution in [3.05, 3.63) is 57.5 Å². The minimum Gasteiger partial charge on any atom is -0.483 e. The van der Waals surface area contributed by atoms with E-state index in [1.54, 1.807) is 11.3 Å². The maximum atomic E-state index is 12.5. The zero-order chi connectivity index (χ0) is 18.8. The number of fused-ring (bicyclic) bond motifs is 1. The van der Waals surface area contributed by atoms with Gasteiger partial charge in [0.15, 0.2) is 6.61 Å². The zero-order valence-corrected chi connectivity index (χ0v) is 17.6. The number of rotatable bonds is 4. The molecule has 0 aliphatic carbocycles. The fourth-order valence-corrected chi connectivity index (χ4v) is 5.14. The lowest BCUT2D eigenvalue weighted by Crippen LogP contribution is -2.40. The third-order valence-electron chi connectivity index (χ3n) is 4.95. The van der Waals surface area contributed by atoms with Crippen molar-refractivity contribution in [2.75, 3.05) is 19.7 Å². The second-order valence-electron chi connectivity index (χ2n) is 6.90. The van der Waals surface area contributed by atoms with Gasteiger partial charge in [-0.2, -0.15) is 0 Å². The normalized spacial score (nSPS) is 15.3. The minimum atomic E-state index is 0.0465. The molecule has 27 heavy (non-hydrogen) atoms. The monoisotopic (exact) mass is 444 g/mol. The third kappa shape index (κ3) is 4.17. The van der Waals surface area contributed by atoms with Crippen molar-refractivity contribution in [2.24, 2.45) is 0 Å². The van der Waals surface area contributed by atoms with Gasteiger partial charge in [0.1, 0.15) is 5.75 Å². The highest BCUT2D eigenvalue weighted by Crippen LogP contribution is 2.34. The van der Waals surface area contributed by atoms with E-state index in [-0.39, 0.29) is 12.5 Å². The molecule has 0 atom stereocenters. The quantitative estimate of drug-likeness (QED) is 0.558. The molecule has 1 saturated heterocycles. The van der Waals surface area contributed by atoms with Gasteiger partial charge >= 0.3 is 0 Å². The van der Waals surface area contributed by atoms with E-state index in [4.69, 9.17) is 9.72 Å². The zero-order valence-electron chi connectivity index (χ0n) is 15.2. The first-order valence-electron chi connectivity index (χ1n) is 9.12. The average molecular weight is 445 g/mol. The predicted octanol–water partition coefficient (Wildman–Crippen LogP) is 5.15. The molecule has 0 N–H and O–H groups in total. The molecule has 1 aromatic heterocycles. The van der Waals surface area contributed by atoms with Gasteiger partial charge in [0.25, 0.3) is 5.91 Å². The van der Waals surface area contributed by atoms with E-state index in [0.29, 0.717) is 11.7 Å². The Morgan fingerprint density at radius 2 is 2.04 bits per heavy atom. The van der Waals surface area contributed by atoms with Crippen molar-refractivity contribution >= 4 is 43.4 Å². The van der Waals surface area contributed by atoms with Crippen molar-refractivity contribution in [1.82, 2.24) is 9.88 Å². The molecule has 3 aromatic rings. The number of nitrogens with zero attached hydrogens (tertiary/aromatic N) is 2. The van der Waals surface area contributed by atoms with Gasteiger partial charge in [0, 0.05) is 19.0 Å². The molecule has 0 saturated carbocycles. The molecule has 2 heterocycles. The summed E-state index contributed by atoms with van der Waals surface area (Å²) >= 11 is 5.26. The van der Waals surface area contributed by atoms with E-state index in [1.807, 2.05) is 36.1 Å². The van der Waals surface area contributed by atoms with Crippen LogP contribution in [-0.4, -0.2) is 35.5 Å². The highest BCUT2D eigenvalue weighted by Gasteiger charge is 2.26. The van der Waals surface area contributed by atoms with E-state index in [9.17, 15) is 4.79 Å². The highest BCUT2D eigenvalue weighted by atomic mass is 79.9. The molecular weight excluding hydrogens is 424 g/mol. The Bertz CT molecular complexity index is 931. The van der Waals surface area contributed by atoms with Gasteiger partial charge < -0.3 is 9.64 Å². The van der Waals surface area contributed by atoms with Crippen LogP contribution in [0.3, 0.4) is 0 Å². The molecule has 0 bridgehead atoms.